The summed E-state index contributed by atoms with van der Waals surface area (Å²) in [6, 6.07) is 3.15. The summed E-state index contributed by atoms with van der Waals surface area (Å²) in [4.78, 5) is 14.5. The van der Waals surface area contributed by atoms with Crippen LogP contribution in [0.3, 0.4) is 0 Å². The van der Waals surface area contributed by atoms with Gasteiger partial charge in [0.05, 0.1) is 12.2 Å². The lowest BCUT2D eigenvalue weighted by Gasteiger charge is -2.17. The Morgan fingerprint density at radius 1 is 1.56 bits per heavy atom. The van der Waals surface area contributed by atoms with E-state index in [2.05, 4.69) is 4.98 Å². The molecule has 0 unspecified atom stereocenters. The van der Waals surface area contributed by atoms with Gasteiger partial charge in [-0.2, -0.15) is 0 Å². The lowest BCUT2D eigenvalue weighted by Crippen LogP contribution is -2.22. The van der Waals surface area contributed by atoms with Gasteiger partial charge in [-0.05, 0) is 26.0 Å². The SMILES string of the molecule is CC(C)(O)CCOc1cccnc1C(=O)O. The summed E-state index contributed by atoms with van der Waals surface area (Å²) in [6.07, 6.45) is 1.81. The highest BCUT2D eigenvalue weighted by atomic mass is 16.5. The van der Waals surface area contributed by atoms with E-state index in [0.29, 0.717) is 6.42 Å². The molecule has 0 bridgehead atoms. The number of hydrogen-bond donors (Lipinski definition) is 2. The molecule has 2 N–H and O–H groups in total. The molecule has 0 aliphatic rings. The molecule has 0 aliphatic heterocycles. The minimum absolute atomic E-state index is 0.113. The van der Waals surface area contributed by atoms with Crippen molar-refractivity contribution in [3.05, 3.63) is 24.0 Å². The van der Waals surface area contributed by atoms with Gasteiger partial charge in [0.1, 0.15) is 0 Å². The fourth-order valence-electron chi connectivity index (χ4n) is 1.08. The standard InChI is InChI=1S/C11H15NO4/c1-11(2,15)5-7-16-8-4-3-6-12-9(8)10(13)14/h3-4,6,15H,5,7H2,1-2H3,(H,13,14). The van der Waals surface area contributed by atoms with Crippen molar-refractivity contribution in [1.82, 2.24) is 4.98 Å². The third-order valence-corrected chi connectivity index (χ3v) is 1.94. The van der Waals surface area contributed by atoms with E-state index in [1.807, 2.05) is 0 Å². The van der Waals surface area contributed by atoms with Gasteiger partial charge < -0.3 is 14.9 Å². The predicted molar refractivity (Wildman–Crippen MR) is 57.6 cm³/mol. The van der Waals surface area contributed by atoms with E-state index in [9.17, 15) is 9.90 Å². The maximum atomic E-state index is 10.8. The van der Waals surface area contributed by atoms with E-state index < -0.39 is 11.6 Å². The predicted octanol–water partition coefficient (Wildman–Crippen LogP) is 1.32. The van der Waals surface area contributed by atoms with Gasteiger partial charge >= 0.3 is 5.97 Å². The van der Waals surface area contributed by atoms with Crippen molar-refractivity contribution in [3.63, 3.8) is 0 Å². The zero-order valence-electron chi connectivity index (χ0n) is 9.30. The Bertz CT molecular complexity index is 370. The number of carboxylic acids is 1. The van der Waals surface area contributed by atoms with Gasteiger partial charge in [-0.15, -0.1) is 0 Å². The van der Waals surface area contributed by atoms with Crippen LogP contribution in [-0.2, 0) is 0 Å². The number of carboxylic acid groups (broad SMARTS) is 1. The highest BCUT2D eigenvalue weighted by Gasteiger charge is 2.15. The minimum Gasteiger partial charge on any atom is -0.491 e. The molecular weight excluding hydrogens is 210 g/mol. The van der Waals surface area contributed by atoms with Gasteiger partial charge in [-0.3, -0.25) is 0 Å². The molecule has 0 saturated heterocycles. The Balaban J connectivity index is 2.64. The van der Waals surface area contributed by atoms with Crippen LogP contribution < -0.4 is 4.74 Å². The first kappa shape index (κ1) is 12.4. The largest absolute Gasteiger partial charge is 0.491 e. The molecule has 5 nitrogen and oxygen atoms in total. The van der Waals surface area contributed by atoms with E-state index in [1.54, 1.807) is 26.0 Å². The van der Waals surface area contributed by atoms with Gasteiger partial charge in [0.15, 0.2) is 11.4 Å². The number of aliphatic hydroxyl groups is 1. The van der Waals surface area contributed by atoms with Crippen molar-refractivity contribution in [1.29, 1.82) is 0 Å². The summed E-state index contributed by atoms with van der Waals surface area (Å²) < 4.78 is 5.27. The molecule has 0 saturated carbocycles. The van der Waals surface area contributed by atoms with Gasteiger partial charge in [-0.1, -0.05) is 0 Å². The zero-order valence-corrected chi connectivity index (χ0v) is 9.30. The number of nitrogens with zero attached hydrogens (tertiary/aromatic N) is 1. The summed E-state index contributed by atoms with van der Waals surface area (Å²) in [7, 11) is 0. The maximum absolute atomic E-state index is 10.8. The van der Waals surface area contributed by atoms with Crippen molar-refractivity contribution < 1.29 is 19.7 Å². The number of pyridine rings is 1. The normalized spacial score (nSPS) is 11.2. The molecule has 1 aromatic rings. The molecule has 0 radical (unpaired) electrons. The molecular formula is C11H15NO4. The lowest BCUT2D eigenvalue weighted by molar-refractivity contribution is 0.0547. The molecule has 0 spiro atoms. The van der Waals surface area contributed by atoms with E-state index in [1.165, 1.54) is 6.20 Å². The van der Waals surface area contributed by atoms with Crippen molar-refractivity contribution in [2.45, 2.75) is 25.9 Å². The van der Waals surface area contributed by atoms with Crippen molar-refractivity contribution in [3.8, 4) is 5.75 Å². The fourth-order valence-corrected chi connectivity index (χ4v) is 1.08. The highest BCUT2D eigenvalue weighted by molar-refractivity contribution is 5.88. The second-order valence-electron chi connectivity index (χ2n) is 4.07. The molecule has 1 heterocycles. The van der Waals surface area contributed by atoms with Gasteiger partial charge in [0, 0.05) is 12.6 Å². The minimum atomic E-state index is -1.13. The van der Waals surface area contributed by atoms with Crippen molar-refractivity contribution in [2.24, 2.45) is 0 Å². The summed E-state index contributed by atoms with van der Waals surface area (Å²) >= 11 is 0. The average Bonchev–Trinajstić information content (AvgIpc) is 2.16. The second kappa shape index (κ2) is 4.94. The van der Waals surface area contributed by atoms with Crippen LogP contribution >= 0.6 is 0 Å². The number of aromatic nitrogens is 1. The Morgan fingerprint density at radius 3 is 2.81 bits per heavy atom. The summed E-state index contributed by atoms with van der Waals surface area (Å²) in [5.41, 5.74) is -0.941. The van der Waals surface area contributed by atoms with Gasteiger partial charge in [-0.25, -0.2) is 9.78 Å². The number of aromatic carboxylic acids is 1. The van der Waals surface area contributed by atoms with Crippen LogP contribution in [0, 0.1) is 0 Å². The van der Waals surface area contributed by atoms with E-state index >= 15 is 0 Å². The molecule has 88 valence electrons. The van der Waals surface area contributed by atoms with Gasteiger partial charge in [0.25, 0.3) is 0 Å². The Hall–Kier alpha value is -1.62. The third-order valence-electron chi connectivity index (χ3n) is 1.94. The average molecular weight is 225 g/mol. The number of hydrogen-bond acceptors (Lipinski definition) is 4. The van der Waals surface area contributed by atoms with Gasteiger partial charge in [0.2, 0.25) is 0 Å². The summed E-state index contributed by atoms with van der Waals surface area (Å²) in [6.45, 7) is 3.57. The van der Waals surface area contributed by atoms with Crippen LogP contribution in [0.5, 0.6) is 5.75 Å². The summed E-state index contributed by atoms with van der Waals surface area (Å²) in [5, 5.41) is 18.3. The van der Waals surface area contributed by atoms with E-state index in [0.717, 1.165) is 0 Å². The molecule has 5 heteroatoms. The molecule has 0 atom stereocenters. The van der Waals surface area contributed by atoms with Crippen LogP contribution in [0.25, 0.3) is 0 Å². The topological polar surface area (TPSA) is 79.7 Å². The Kier molecular flexibility index (Phi) is 3.84. The number of carbonyl (C=O) groups is 1. The van der Waals surface area contributed by atoms with E-state index in [4.69, 9.17) is 9.84 Å². The van der Waals surface area contributed by atoms with Crippen LogP contribution in [0.2, 0.25) is 0 Å². The molecule has 0 aromatic carbocycles. The molecule has 1 rings (SSSR count). The first-order valence-corrected chi connectivity index (χ1v) is 4.93. The number of ether oxygens (including phenoxy) is 1. The molecule has 0 aliphatic carbocycles. The van der Waals surface area contributed by atoms with Crippen LogP contribution in [-0.4, -0.2) is 33.4 Å². The van der Waals surface area contributed by atoms with Crippen LogP contribution in [0.1, 0.15) is 30.8 Å². The number of rotatable bonds is 5. The van der Waals surface area contributed by atoms with E-state index in [-0.39, 0.29) is 18.1 Å². The third kappa shape index (κ3) is 3.86. The first-order chi connectivity index (χ1) is 7.40. The molecule has 0 amide bonds. The summed E-state index contributed by atoms with van der Waals surface area (Å²) in [5.74, 6) is -0.905. The Morgan fingerprint density at radius 2 is 2.25 bits per heavy atom. The maximum Gasteiger partial charge on any atom is 0.358 e. The van der Waals surface area contributed by atoms with Crippen molar-refractivity contribution in [2.75, 3.05) is 6.61 Å². The fraction of sp³-hybridized carbons (Fsp3) is 0.455. The second-order valence-corrected chi connectivity index (χ2v) is 4.07. The monoisotopic (exact) mass is 225 g/mol. The van der Waals surface area contributed by atoms with Crippen LogP contribution in [0.4, 0.5) is 0 Å². The zero-order chi connectivity index (χ0) is 12.2. The highest BCUT2D eigenvalue weighted by Crippen LogP contribution is 2.16. The van der Waals surface area contributed by atoms with Crippen molar-refractivity contribution >= 4 is 5.97 Å². The Labute approximate surface area is 93.7 Å². The molecule has 0 fully saturated rings. The quantitative estimate of drug-likeness (QED) is 0.790. The van der Waals surface area contributed by atoms with Crippen LogP contribution in [0.15, 0.2) is 18.3 Å². The smallest absolute Gasteiger partial charge is 0.358 e. The lowest BCUT2D eigenvalue weighted by atomic mass is 10.1. The molecule has 1 aromatic heterocycles. The first-order valence-electron chi connectivity index (χ1n) is 4.93. The molecule has 16 heavy (non-hydrogen) atoms.